The van der Waals surface area contributed by atoms with Crippen molar-refractivity contribution in [3.63, 3.8) is 0 Å². The Morgan fingerprint density at radius 3 is 2.55 bits per heavy atom. The van der Waals surface area contributed by atoms with Crippen molar-refractivity contribution in [1.82, 2.24) is 4.90 Å². The average Bonchev–Trinajstić information content (AvgIpc) is 2.93. The van der Waals surface area contributed by atoms with Crippen LogP contribution in [0.25, 0.3) is 0 Å². The smallest absolute Gasteiger partial charge is 0.282 e. The van der Waals surface area contributed by atoms with E-state index in [1.807, 2.05) is 0 Å². The summed E-state index contributed by atoms with van der Waals surface area (Å²) in [7, 11) is 0. The van der Waals surface area contributed by atoms with Gasteiger partial charge in [0.1, 0.15) is 25.3 Å². The lowest BCUT2D eigenvalue weighted by Crippen LogP contribution is -2.37. The Morgan fingerprint density at radius 1 is 1.17 bits per heavy atom. The number of benzene rings is 2. The van der Waals surface area contributed by atoms with Crippen molar-refractivity contribution < 1.29 is 28.8 Å². The fourth-order valence-corrected chi connectivity index (χ4v) is 3.53. The Kier molecular flexibility index (Phi) is 4.66. The highest BCUT2D eigenvalue weighted by molar-refractivity contribution is 9.10. The molecule has 0 aromatic heterocycles. The van der Waals surface area contributed by atoms with Crippen LogP contribution in [0.4, 0.5) is 11.4 Å². The minimum Gasteiger partial charge on any atom is -0.486 e. The fraction of sp³-hybridized carbons (Fsp3) is 0.167. The molecule has 2 aromatic rings. The standard InChI is InChI=1S/C18H12BrN3O7/c19-10-6-13-14(29-5-4-28-13)7-11(10)20-15(23)8-21-17(24)9-2-1-3-12(22(26)27)16(9)18(21)25/h1-3,6-7H,4-5,8H2,(H,20,23). The first-order valence-corrected chi connectivity index (χ1v) is 9.18. The Morgan fingerprint density at radius 2 is 1.86 bits per heavy atom. The minimum absolute atomic E-state index is 0.0995. The first-order valence-electron chi connectivity index (χ1n) is 8.39. The third kappa shape index (κ3) is 3.29. The van der Waals surface area contributed by atoms with E-state index in [9.17, 15) is 24.5 Å². The van der Waals surface area contributed by atoms with Gasteiger partial charge in [-0.25, -0.2) is 0 Å². The number of halogens is 1. The van der Waals surface area contributed by atoms with Crippen molar-refractivity contribution in [3.05, 3.63) is 56.0 Å². The SMILES string of the molecule is O=C(CN1C(=O)c2cccc([N+](=O)[O-])c2C1=O)Nc1cc2c(cc1Br)OCCO2. The van der Waals surface area contributed by atoms with E-state index < -0.39 is 34.9 Å². The van der Waals surface area contributed by atoms with Crippen molar-refractivity contribution in [2.45, 2.75) is 0 Å². The molecule has 2 aromatic carbocycles. The van der Waals surface area contributed by atoms with E-state index in [2.05, 4.69) is 21.2 Å². The van der Waals surface area contributed by atoms with E-state index in [1.165, 1.54) is 12.1 Å². The second kappa shape index (κ2) is 7.17. The van der Waals surface area contributed by atoms with Crippen LogP contribution in [-0.2, 0) is 4.79 Å². The minimum atomic E-state index is -0.881. The molecule has 4 rings (SSSR count). The molecular formula is C18H12BrN3O7. The third-order valence-corrected chi connectivity index (χ3v) is 5.04. The normalized spacial score (nSPS) is 14.6. The van der Waals surface area contributed by atoms with Gasteiger partial charge in [0.25, 0.3) is 17.5 Å². The zero-order valence-electron chi connectivity index (χ0n) is 14.6. The number of carbonyl (C=O) groups is 3. The molecule has 148 valence electrons. The number of amides is 3. The van der Waals surface area contributed by atoms with Gasteiger partial charge in [-0.1, -0.05) is 6.07 Å². The molecule has 29 heavy (non-hydrogen) atoms. The molecule has 0 saturated heterocycles. The zero-order valence-corrected chi connectivity index (χ0v) is 16.2. The van der Waals surface area contributed by atoms with Crippen LogP contribution >= 0.6 is 15.9 Å². The third-order valence-electron chi connectivity index (χ3n) is 4.38. The van der Waals surface area contributed by atoms with E-state index in [0.29, 0.717) is 39.8 Å². The van der Waals surface area contributed by atoms with E-state index >= 15 is 0 Å². The topological polar surface area (TPSA) is 128 Å². The largest absolute Gasteiger partial charge is 0.486 e. The lowest BCUT2D eigenvalue weighted by Gasteiger charge is -2.20. The van der Waals surface area contributed by atoms with Gasteiger partial charge in [0.05, 0.1) is 16.2 Å². The number of ether oxygens (including phenoxy) is 2. The molecule has 2 aliphatic heterocycles. The number of hydrogen-bond acceptors (Lipinski definition) is 7. The Bertz CT molecular complexity index is 1090. The molecule has 2 aliphatic rings. The summed E-state index contributed by atoms with van der Waals surface area (Å²) in [6, 6.07) is 6.97. The number of anilines is 1. The van der Waals surface area contributed by atoms with Gasteiger partial charge in [-0.15, -0.1) is 0 Å². The molecule has 0 aliphatic carbocycles. The molecule has 0 bridgehead atoms. The number of imide groups is 1. The van der Waals surface area contributed by atoms with Crippen LogP contribution in [0.3, 0.4) is 0 Å². The Hall–Kier alpha value is -3.47. The maximum atomic E-state index is 12.6. The molecule has 11 heteroatoms. The molecule has 0 spiro atoms. The van der Waals surface area contributed by atoms with Gasteiger partial charge in [0, 0.05) is 22.7 Å². The van der Waals surface area contributed by atoms with Crippen molar-refractivity contribution in [2.24, 2.45) is 0 Å². The number of fused-ring (bicyclic) bond motifs is 2. The van der Waals surface area contributed by atoms with Gasteiger partial charge < -0.3 is 14.8 Å². The summed E-state index contributed by atoms with van der Waals surface area (Å²) in [4.78, 5) is 48.6. The molecule has 10 nitrogen and oxygen atoms in total. The zero-order chi connectivity index (χ0) is 20.7. The number of rotatable bonds is 4. The van der Waals surface area contributed by atoms with Crippen LogP contribution in [0.2, 0.25) is 0 Å². The maximum Gasteiger partial charge on any atom is 0.282 e. The van der Waals surface area contributed by atoms with Crippen molar-refractivity contribution >= 4 is 45.0 Å². The molecular weight excluding hydrogens is 450 g/mol. The highest BCUT2D eigenvalue weighted by Gasteiger charge is 2.41. The highest BCUT2D eigenvalue weighted by Crippen LogP contribution is 2.38. The second-order valence-electron chi connectivity index (χ2n) is 6.18. The van der Waals surface area contributed by atoms with Crippen molar-refractivity contribution in [1.29, 1.82) is 0 Å². The van der Waals surface area contributed by atoms with Crippen LogP contribution in [0.1, 0.15) is 20.7 Å². The Labute approximate surface area is 171 Å². The number of nitrogens with one attached hydrogen (secondary N) is 1. The number of nitro groups is 1. The lowest BCUT2D eigenvalue weighted by atomic mass is 10.1. The highest BCUT2D eigenvalue weighted by atomic mass is 79.9. The maximum absolute atomic E-state index is 12.6. The molecule has 0 fully saturated rings. The summed E-state index contributed by atoms with van der Waals surface area (Å²) < 4.78 is 11.4. The van der Waals surface area contributed by atoms with Crippen molar-refractivity contribution in [2.75, 3.05) is 25.1 Å². The summed E-state index contributed by atoms with van der Waals surface area (Å²) in [5.41, 5.74) is -0.520. The summed E-state index contributed by atoms with van der Waals surface area (Å²) >= 11 is 3.32. The van der Waals surface area contributed by atoms with Crippen molar-refractivity contribution in [3.8, 4) is 11.5 Å². The average molecular weight is 462 g/mol. The summed E-state index contributed by atoms with van der Waals surface area (Å²) in [5, 5.41) is 13.7. The van der Waals surface area contributed by atoms with Gasteiger partial charge in [-0.05, 0) is 22.0 Å². The molecule has 0 saturated carbocycles. The van der Waals surface area contributed by atoms with Gasteiger partial charge in [-0.3, -0.25) is 29.4 Å². The van der Waals surface area contributed by atoms with Gasteiger partial charge in [0.2, 0.25) is 5.91 Å². The molecule has 1 N–H and O–H groups in total. The molecule has 2 heterocycles. The van der Waals surface area contributed by atoms with E-state index in [0.717, 1.165) is 6.07 Å². The van der Waals surface area contributed by atoms with E-state index in [1.54, 1.807) is 12.1 Å². The number of hydrogen-bond donors (Lipinski definition) is 1. The van der Waals surface area contributed by atoms with E-state index in [-0.39, 0.29) is 11.1 Å². The number of nitro benzene ring substituents is 1. The van der Waals surface area contributed by atoms with Crippen LogP contribution in [0.15, 0.2) is 34.8 Å². The van der Waals surface area contributed by atoms with Crippen LogP contribution < -0.4 is 14.8 Å². The molecule has 0 radical (unpaired) electrons. The number of nitrogens with zero attached hydrogens (tertiary/aromatic N) is 2. The van der Waals surface area contributed by atoms with Gasteiger partial charge in [0.15, 0.2) is 11.5 Å². The fourth-order valence-electron chi connectivity index (χ4n) is 3.10. The van der Waals surface area contributed by atoms with E-state index in [4.69, 9.17) is 9.47 Å². The Balaban J connectivity index is 1.54. The monoisotopic (exact) mass is 461 g/mol. The first-order chi connectivity index (χ1) is 13.9. The lowest BCUT2D eigenvalue weighted by molar-refractivity contribution is -0.385. The van der Waals surface area contributed by atoms with Gasteiger partial charge >= 0.3 is 0 Å². The second-order valence-corrected chi connectivity index (χ2v) is 7.03. The molecule has 3 amide bonds. The predicted molar refractivity (Wildman–Crippen MR) is 102 cm³/mol. The predicted octanol–water partition coefficient (Wildman–Crippen LogP) is 2.36. The van der Waals surface area contributed by atoms with Crippen LogP contribution in [0.5, 0.6) is 11.5 Å². The summed E-state index contributed by atoms with van der Waals surface area (Å²) in [6.45, 7) is 0.192. The molecule has 0 unspecified atom stereocenters. The van der Waals surface area contributed by atoms with Gasteiger partial charge in [-0.2, -0.15) is 0 Å². The first kappa shape index (κ1) is 18.9. The van der Waals surface area contributed by atoms with Crippen LogP contribution in [-0.4, -0.2) is 47.3 Å². The van der Waals surface area contributed by atoms with Crippen LogP contribution in [0, 0.1) is 10.1 Å². The quantitative estimate of drug-likeness (QED) is 0.420. The molecule has 0 atom stereocenters. The summed E-state index contributed by atoms with van der Waals surface area (Å²) in [5.74, 6) is -1.32. The number of carbonyl (C=O) groups excluding carboxylic acids is 3. The summed E-state index contributed by atoms with van der Waals surface area (Å²) in [6.07, 6.45) is 0.